The Kier molecular flexibility index (Phi) is 0.749. The van der Waals surface area contributed by atoms with E-state index in [1.54, 1.807) is 0 Å². The van der Waals surface area contributed by atoms with Gasteiger partial charge < -0.3 is 9.52 Å². The second-order valence-electron chi connectivity index (χ2n) is 1.07. The number of hydrogen-bond acceptors (Lipinski definition) is 2. The van der Waals surface area contributed by atoms with E-state index in [1.807, 2.05) is 0 Å². The minimum atomic E-state index is -0.722. The standard InChI is InChI=1S/C4H3FO2/c5-3-1-2-7-4(3)6/h1-2,6H. The maximum Gasteiger partial charge on any atom is 0.319 e. The molecule has 0 aromatic carbocycles. The molecule has 2 nitrogen and oxygen atoms in total. The smallest absolute Gasteiger partial charge is 0.319 e. The van der Waals surface area contributed by atoms with E-state index in [-0.39, 0.29) is 0 Å². The second kappa shape index (κ2) is 1.26. The highest BCUT2D eigenvalue weighted by Crippen LogP contribution is 2.13. The van der Waals surface area contributed by atoms with E-state index in [9.17, 15) is 4.39 Å². The molecule has 0 unspecified atom stereocenters. The zero-order valence-corrected chi connectivity index (χ0v) is 3.39. The van der Waals surface area contributed by atoms with Gasteiger partial charge in [-0.25, -0.2) is 0 Å². The molecular formula is C4H3FO2. The molecule has 1 N–H and O–H groups in total. The second-order valence-corrected chi connectivity index (χ2v) is 1.07. The van der Waals surface area contributed by atoms with E-state index in [4.69, 9.17) is 5.11 Å². The van der Waals surface area contributed by atoms with E-state index in [0.29, 0.717) is 0 Å². The van der Waals surface area contributed by atoms with Crippen molar-refractivity contribution < 1.29 is 13.9 Å². The van der Waals surface area contributed by atoms with Gasteiger partial charge in [0.05, 0.1) is 6.26 Å². The number of rotatable bonds is 0. The minimum absolute atomic E-state index is 0.653. The fourth-order valence-electron chi connectivity index (χ4n) is 0.286. The lowest BCUT2D eigenvalue weighted by Crippen LogP contribution is -1.58. The van der Waals surface area contributed by atoms with Crippen LogP contribution in [0.1, 0.15) is 0 Å². The minimum Gasteiger partial charge on any atom is -0.479 e. The SMILES string of the molecule is Oc1occc1F. The van der Waals surface area contributed by atoms with Crippen LogP contribution in [0.25, 0.3) is 0 Å². The summed E-state index contributed by atoms with van der Waals surface area (Å²) in [5, 5.41) is 8.22. The molecule has 0 aliphatic carbocycles. The Morgan fingerprint density at radius 2 is 2.43 bits per heavy atom. The first kappa shape index (κ1) is 4.18. The zero-order chi connectivity index (χ0) is 5.28. The summed E-state index contributed by atoms with van der Waals surface area (Å²) >= 11 is 0. The summed E-state index contributed by atoms with van der Waals surface area (Å²) < 4.78 is 15.9. The van der Waals surface area contributed by atoms with Crippen molar-refractivity contribution in [1.82, 2.24) is 0 Å². The van der Waals surface area contributed by atoms with Crippen LogP contribution in [0.3, 0.4) is 0 Å². The summed E-state index contributed by atoms with van der Waals surface area (Å²) in [6, 6.07) is 1.04. The Morgan fingerprint density at radius 3 is 2.57 bits per heavy atom. The molecule has 0 bridgehead atoms. The van der Waals surface area contributed by atoms with E-state index in [2.05, 4.69) is 4.42 Å². The lowest BCUT2D eigenvalue weighted by Gasteiger charge is -1.74. The highest BCUT2D eigenvalue weighted by molar-refractivity contribution is 5.05. The van der Waals surface area contributed by atoms with Gasteiger partial charge in [0.25, 0.3) is 0 Å². The Balaban J connectivity index is 3.12. The van der Waals surface area contributed by atoms with Gasteiger partial charge in [0.15, 0.2) is 0 Å². The number of furan rings is 1. The molecule has 0 aliphatic heterocycles. The summed E-state index contributed by atoms with van der Waals surface area (Å²) in [4.78, 5) is 0. The fourth-order valence-corrected chi connectivity index (χ4v) is 0.286. The predicted octanol–water partition coefficient (Wildman–Crippen LogP) is 1.12. The first-order valence-electron chi connectivity index (χ1n) is 1.72. The molecule has 0 saturated heterocycles. The zero-order valence-electron chi connectivity index (χ0n) is 3.39. The van der Waals surface area contributed by atoms with Crippen LogP contribution in [0, 0.1) is 5.82 Å². The third-order valence-corrected chi connectivity index (χ3v) is 0.598. The lowest BCUT2D eigenvalue weighted by molar-refractivity contribution is 0.309. The van der Waals surface area contributed by atoms with Crippen LogP contribution in [0.5, 0.6) is 5.95 Å². The topological polar surface area (TPSA) is 33.4 Å². The van der Waals surface area contributed by atoms with Gasteiger partial charge in [0.2, 0.25) is 5.82 Å². The molecule has 1 heterocycles. The van der Waals surface area contributed by atoms with Crippen molar-refractivity contribution in [1.29, 1.82) is 0 Å². The van der Waals surface area contributed by atoms with Gasteiger partial charge in [0, 0.05) is 6.07 Å². The van der Waals surface area contributed by atoms with Crippen LogP contribution in [-0.2, 0) is 0 Å². The van der Waals surface area contributed by atoms with Gasteiger partial charge >= 0.3 is 5.95 Å². The molecule has 0 amide bonds. The molecule has 0 saturated carbocycles. The first-order valence-corrected chi connectivity index (χ1v) is 1.72. The number of aromatic hydroxyl groups is 1. The maximum absolute atomic E-state index is 11.7. The van der Waals surface area contributed by atoms with Gasteiger partial charge in [0.1, 0.15) is 0 Å². The van der Waals surface area contributed by atoms with Crippen molar-refractivity contribution in [3.63, 3.8) is 0 Å². The summed E-state index contributed by atoms with van der Waals surface area (Å²) in [5.41, 5.74) is 0. The van der Waals surface area contributed by atoms with Crippen LogP contribution >= 0.6 is 0 Å². The van der Waals surface area contributed by atoms with Gasteiger partial charge in [-0.2, -0.15) is 4.39 Å². The fraction of sp³-hybridized carbons (Fsp3) is 0. The average Bonchev–Trinajstić information content (AvgIpc) is 1.91. The molecular weight excluding hydrogens is 99.0 g/mol. The molecule has 0 radical (unpaired) electrons. The Hall–Kier alpha value is -0.990. The quantitative estimate of drug-likeness (QED) is 0.532. The number of hydrogen-bond donors (Lipinski definition) is 1. The largest absolute Gasteiger partial charge is 0.479 e. The molecule has 0 aliphatic rings. The first-order chi connectivity index (χ1) is 3.30. The predicted molar refractivity (Wildman–Crippen MR) is 20.3 cm³/mol. The molecule has 38 valence electrons. The molecule has 1 aromatic rings. The summed E-state index contributed by atoms with van der Waals surface area (Å²) in [7, 11) is 0. The molecule has 0 spiro atoms. The van der Waals surface area contributed by atoms with Crippen LogP contribution in [0.15, 0.2) is 16.7 Å². The van der Waals surface area contributed by atoms with Crippen LogP contribution < -0.4 is 0 Å². The third-order valence-electron chi connectivity index (χ3n) is 0.598. The van der Waals surface area contributed by atoms with Crippen LogP contribution in [0.4, 0.5) is 4.39 Å². The normalized spacial score (nSPS) is 9.29. The van der Waals surface area contributed by atoms with Crippen LogP contribution in [0.2, 0.25) is 0 Å². The van der Waals surface area contributed by atoms with Gasteiger partial charge in [-0.1, -0.05) is 0 Å². The Morgan fingerprint density at radius 1 is 1.71 bits per heavy atom. The van der Waals surface area contributed by atoms with Crippen molar-refractivity contribution in [3.05, 3.63) is 18.1 Å². The molecule has 1 aromatic heterocycles. The summed E-state index contributed by atoms with van der Waals surface area (Å²) in [6.45, 7) is 0. The van der Waals surface area contributed by atoms with Crippen molar-refractivity contribution >= 4 is 0 Å². The molecule has 0 atom stereocenters. The third kappa shape index (κ3) is 0.559. The molecule has 0 fully saturated rings. The van der Waals surface area contributed by atoms with Crippen LogP contribution in [-0.4, -0.2) is 5.11 Å². The van der Waals surface area contributed by atoms with E-state index in [0.717, 1.165) is 12.3 Å². The van der Waals surface area contributed by atoms with Gasteiger partial charge in [-0.15, -0.1) is 0 Å². The van der Waals surface area contributed by atoms with E-state index in [1.165, 1.54) is 0 Å². The van der Waals surface area contributed by atoms with Crippen molar-refractivity contribution in [2.24, 2.45) is 0 Å². The monoisotopic (exact) mass is 102 g/mol. The molecule has 1 rings (SSSR count). The highest BCUT2D eigenvalue weighted by atomic mass is 19.1. The summed E-state index contributed by atoms with van der Waals surface area (Å²) in [6.07, 6.45) is 1.07. The Labute approximate surface area is 39.2 Å². The van der Waals surface area contributed by atoms with E-state index >= 15 is 0 Å². The molecule has 7 heavy (non-hydrogen) atoms. The van der Waals surface area contributed by atoms with Crippen molar-refractivity contribution in [2.45, 2.75) is 0 Å². The number of halogens is 1. The molecule has 3 heteroatoms. The maximum atomic E-state index is 11.7. The van der Waals surface area contributed by atoms with E-state index < -0.39 is 11.8 Å². The van der Waals surface area contributed by atoms with Gasteiger partial charge in [-0.3, -0.25) is 0 Å². The summed E-state index contributed by atoms with van der Waals surface area (Å²) in [5.74, 6) is -1.37. The van der Waals surface area contributed by atoms with Crippen molar-refractivity contribution in [3.8, 4) is 5.95 Å². The van der Waals surface area contributed by atoms with Gasteiger partial charge in [-0.05, 0) is 0 Å². The Bertz CT molecular complexity index is 142. The highest BCUT2D eigenvalue weighted by Gasteiger charge is 1.98. The lowest BCUT2D eigenvalue weighted by atomic mass is 10.6. The average molecular weight is 102 g/mol. The van der Waals surface area contributed by atoms with Crippen molar-refractivity contribution in [2.75, 3.05) is 0 Å².